The van der Waals surface area contributed by atoms with Crippen LogP contribution in [-0.2, 0) is 9.59 Å². The minimum absolute atomic E-state index is 0.0815. The SMILES string of the molecule is CCNC(C)c1csc(N2C(=O)C3C(C2=O)C3(C)C)n1. The van der Waals surface area contributed by atoms with Crippen molar-refractivity contribution in [3.63, 3.8) is 0 Å². The summed E-state index contributed by atoms with van der Waals surface area (Å²) in [6.45, 7) is 8.88. The van der Waals surface area contributed by atoms with Gasteiger partial charge in [0, 0.05) is 11.4 Å². The lowest BCUT2D eigenvalue weighted by molar-refractivity contribution is -0.125. The van der Waals surface area contributed by atoms with Crippen LogP contribution in [0.15, 0.2) is 5.38 Å². The van der Waals surface area contributed by atoms with Gasteiger partial charge in [0.25, 0.3) is 0 Å². The number of hydrogen-bond acceptors (Lipinski definition) is 5. The van der Waals surface area contributed by atoms with E-state index in [0.717, 1.165) is 12.2 Å². The van der Waals surface area contributed by atoms with Gasteiger partial charge in [-0.1, -0.05) is 20.8 Å². The van der Waals surface area contributed by atoms with Gasteiger partial charge in [0.05, 0.1) is 17.5 Å². The average Bonchev–Trinajstić information content (AvgIpc) is 2.71. The fourth-order valence-corrected chi connectivity index (χ4v) is 4.05. The van der Waals surface area contributed by atoms with Crippen molar-refractivity contribution in [3.05, 3.63) is 11.1 Å². The normalized spacial score (nSPS) is 28.7. The molecule has 1 aliphatic heterocycles. The Balaban J connectivity index is 1.82. The van der Waals surface area contributed by atoms with Gasteiger partial charge >= 0.3 is 0 Å². The number of fused-ring (bicyclic) bond motifs is 1. The molecule has 2 amide bonds. The van der Waals surface area contributed by atoms with Crippen LogP contribution in [0.1, 0.15) is 39.4 Å². The summed E-state index contributed by atoms with van der Waals surface area (Å²) in [6.07, 6.45) is 0. The third kappa shape index (κ3) is 1.74. The largest absolute Gasteiger partial charge is 0.309 e. The highest BCUT2D eigenvalue weighted by Crippen LogP contribution is 2.63. The van der Waals surface area contributed by atoms with E-state index in [0.29, 0.717) is 5.13 Å². The second kappa shape index (κ2) is 4.36. The molecule has 3 rings (SSSR count). The highest BCUT2D eigenvalue weighted by atomic mass is 32.1. The number of amides is 2. The topological polar surface area (TPSA) is 62.3 Å². The predicted octanol–water partition coefficient (Wildman–Crippen LogP) is 1.96. The first-order valence-electron chi connectivity index (χ1n) is 6.96. The van der Waals surface area contributed by atoms with Gasteiger partial charge in [0.15, 0.2) is 5.13 Å². The summed E-state index contributed by atoms with van der Waals surface area (Å²) in [6, 6.07) is 0.129. The Kier molecular flexibility index (Phi) is 2.99. The van der Waals surface area contributed by atoms with E-state index in [9.17, 15) is 9.59 Å². The lowest BCUT2D eigenvalue weighted by atomic mass is 10.1. The molecule has 0 aromatic carbocycles. The molecule has 1 saturated heterocycles. The minimum atomic E-state index is -0.165. The molecule has 1 aromatic rings. The smallest absolute Gasteiger partial charge is 0.240 e. The Morgan fingerprint density at radius 1 is 1.40 bits per heavy atom. The molecular weight excluding hydrogens is 274 g/mol. The van der Waals surface area contributed by atoms with E-state index in [-0.39, 0.29) is 35.1 Å². The fraction of sp³-hybridized carbons (Fsp3) is 0.643. The minimum Gasteiger partial charge on any atom is -0.309 e. The molecule has 1 N–H and O–H groups in total. The Morgan fingerprint density at radius 3 is 2.55 bits per heavy atom. The van der Waals surface area contributed by atoms with Gasteiger partial charge in [-0.05, 0) is 18.9 Å². The second-order valence-corrected chi connectivity index (χ2v) is 6.96. The van der Waals surface area contributed by atoms with Crippen LogP contribution in [0.3, 0.4) is 0 Å². The molecule has 2 heterocycles. The Bertz CT molecular complexity index is 557. The van der Waals surface area contributed by atoms with Crippen LogP contribution in [-0.4, -0.2) is 23.3 Å². The lowest BCUT2D eigenvalue weighted by Crippen LogP contribution is -2.36. The molecule has 2 aliphatic rings. The number of thiazole rings is 1. The molecule has 3 unspecified atom stereocenters. The average molecular weight is 293 g/mol. The number of carbonyl (C=O) groups excluding carboxylic acids is 2. The molecular formula is C14H19N3O2S. The van der Waals surface area contributed by atoms with E-state index in [1.807, 2.05) is 33.1 Å². The summed E-state index contributed by atoms with van der Waals surface area (Å²) >= 11 is 1.36. The Morgan fingerprint density at radius 2 is 2.00 bits per heavy atom. The van der Waals surface area contributed by atoms with Crippen molar-refractivity contribution in [1.29, 1.82) is 0 Å². The van der Waals surface area contributed by atoms with Crippen molar-refractivity contribution < 1.29 is 9.59 Å². The number of imide groups is 1. The number of hydrogen-bond donors (Lipinski definition) is 1. The number of aromatic nitrogens is 1. The van der Waals surface area contributed by atoms with E-state index in [1.165, 1.54) is 16.2 Å². The van der Waals surface area contributed by atoms with E-state index >= 15 is 0 Å². The second-order valence-electron chi connectivity index (χ2n) is 6.12. The maximum atomic E-state index is 12.3. The zero-order valence-electron chi connectivity index (χ0n) is 12.1. The van der Waals surface area contributed by atoms with Crippen molar-refractivity contribution >= 4 is 28.3 Å². The summed E-state index contributed by atoms with van der Waals surface area (Å²) in [5, 5.41) is 5.71. The van der Waals surface area contributed by atoms with E-state index in [2.05, 4.69) is 10.3 Å². The molecule has 1 aliphatic carbocycles. The monoisotopic (exact) mass is 293 g/mol. The third-order valence-electron chi connectivity index (χ3n) is 4.46. The van der Waals surface area contributed by atoms with Crippen LogP contribution in [0, 0.1) is 17.3 Å². The summed E-state index contributed by atoms with van der Waals surface area (Å²) in [7, 11) is 0. The van der Waals surface area contributed by atoms with Crippen LogP contribution < -0.4 is 10.2 Å². The summed E-state index contributed by atoms with van der Waals surface area (Å²) in [5.74, 6) is -0.453. The molecule has 0 spiro atoms. The van der Waals surface area contributed by atoms with Crippen LogP contribution in [0.4, 0.5) is 5.13 Å². The molecule has 2 fully saturated rings. The number of anilines is 1. The van der Waals surface area contributed by atoms with E-state index in [4.69, 9.17) is 0 Å². The van der Waals surface area contributed by atoms with Crippen LogP contribution in [0.25, 0.3) is 0 Å². The first-order valence-corrected chi connectivity index (χ1v) is 7.84. The first kappa shape index (κ1) is 13.7. The standard InChI is InChI=1S/C14H19N3O2S/c1-5-15-7(2)8-6-20-13(16-8)17-11(18)9-10(12(17)19)14(9,3)4/h6-7,9-10,15H,5H2,1-4H3. The molecule has 20 heavy (non-hydrogen) atoms. The van der Waals surface area contributed by atoms with Crippen molar-refractivity contribution in [2.75, 3.05) is 11.4 Å². The van der Waals surface area contributed by atoms with Gasteiger partial charge < -0.3 is 5.32 Å². The molecule has 3 atom stereocenters. The van der Waals surface area contributed by atoms with Gasteiger partial charge in [0.1, 0.15) is 0 Å². The zero-order valence-corrected chi connectivity index (χ0v) is 13.0. The Labute approximate surface area is 122 Å². The maximum Gasteiger partial charge on any atom is 0.240 e. The maximum absolute atomic E-state index is 12.3. The summed E-state index contributed by atoms with van der Waals surface area (Å²) in [5.41, 5.74) is 0.717. The number of nitrogens with one attached hydrogen (secondary N) is 1. The van der Waals surface area contributed by atoms with E-state index < -0.39 is 0 Å². The van der Waals surface area contributed by atoms with Gasteiger partial charge in [-0.15, -0.1) is 11.3 Å². The van der Waals surface area contributed by atoms with Crippen LogP contribution in [0.5, 0.6) is 0 Å². The number of carbonyl (C=O) groups is 2. The number of rotatable bonds is 4. The van der Waals surface area contributed by atoms with Crippen LogP contribution >= 0.6 is 11.3 Å². The summed E-state index contributed by atoms with van der Waals surface area (Å²) in [4.78, 5) is 30.4. The van der Waals surface area contributed by atoms with Crippen molar-refractivity contribution in [2.45, 2.75) is 33.7 Å². The highest BCUT2D eigenvalue weighted by molar-refractivity contribution is 7.14. The molecule has 108 valence electrons. The van der Waals surface area contributed by atoms with E-state index in [1.54, 1.807) is 0 Å². The van der Waals surface area contributed by atoms with Crippen molar-refractivity contribution in [1.82, 2.24) is 10.3 Å². The molecule has 5 nitrogen and oxygen atoms in total. The van der Waals surface area contributed by atoms with Gasteiger partial charge in [-0.2, -0.15) is 0 Å². The fourth-order valence-electron chi connectivity index (χ4n) is 3.12. The predicted molar refractivity (Wildman–Crippen MR) is 77.5 cm³/mol. The number of piperidine rings is 1. The quantitative estimate of drug-likeness (QED) is 0.862. The summed E-state index contributed by atoms with van der Waals surface area (Å²) < 4.78 is 0. The molecule has 1 aromatic heterocycles. The zero-order chi connectivity index (χ0) is 14.7. The van der Waals surface area contributed by atoms with Crippen molar-refractivity contribution in [2.24, 2.45) is 17.3 Å². The third-order valence-corrected chi connectivity index (χ3v) is 5.30. The molecule has 0 bridgehead atoms. The molecule has 1 saturated carbocycles. The van der Waals surface area contributed by atoms with Gasteiger partial charge in [0.2, 0.25) is 11.8 Å². The van der Waals surface area contributed by atoms with Gasteiger partial charge in [-0.3, -0.25) is 9.59 Å². The van der Waals surface area contributed by atoms with Crippen molar-refractivity contribution in [3.8, 4) is 0 Å². The number of nitrogens with zero attached hydrogens (tertiary/aromatic N) is 2. The molecule has 0 radical (unpaired) electrons. The lowest BCUT2D eigenvalue weighted by Gasteiger charge is -2.17. The highest BCUT2D eigenvalue weighted by Gasteiger charge is 2.73. The Hall–Kier alpha value is -1.27. The van der Waals surface area contributed by atoms with Gasteiger partial charge in [-0.25, -0.2) is 9.88 Å². The first-order chi connectivity index (χ1) is 9.39. The molecule has 6 heteroatoms. The van der Waals surface area contributed by atoms with Crippen LogP contribution in [0.2, 0.25) is 0 Å².